The van der Waals surface area contributed by atoms with Gasteiger partial charge in [-0.05, 0) is 38.0 Å². The van der Waals surface area contributed by atoms with Crippen molar-refractivity contribution >= 4 is 28.6 Å². The van der Waals surface area contributed by atoms with Gasteiger partial charge in [-0.15, -0.1) is 0 Å². The Hall–Kier alpha value is -3.22. The first-order valence-corrected chi connectivity index (χ1v) is 8.49. The van der Waals surface area contributed by atoms with Crippen molar-refractivity contribution in [3.05, 3.63) is 53.3 Å². The van der Waals surface area contributed by atoms with Gasteiger partial charge in [-0.3, -0.25) is 4.79 Å². The molecule has 2 N–H and O–H groups in total. The fraction of sp³-hybridized carbons (Fsp3) is 0.263. The van der Waals surface area contributed by atoms with Crippen LogP contribution in [0, 0.1) is 6.92 Å². The summed E-state index contributed by atoms with van der Waals surface area (Å²) in [6, 6.07) is 10.8. The van der Waals surface area contributed by atoms with Gasteiger partial charge in [0.1, 0.15) is 6.54 Å². The molecule has 1 saturated carbocycles. The second kappa shape index (κ2) is 6.25. The van der Waals surface area contributed by atoms with Crippen molar-refractivity contribution in [3.8, 4) is 0 Å². The number of carboxylic acids is 1. The molecular weight excluding hydrogens is 332 g/mol. The van der Waals surface area contributed by atoms with Crippen LogP contribution in [0.5, 0.6) is 0 Å². The zero-order chi connectivity index (χ0) is 18.3. The molecule has 0 aliphatic heterocycles. The van der Waals surface area contributed by atoms with Crippen LogP contribution in [0.4, 0.5) is 5.69 Å². The standard InChI is InChI=1S/C19H18N4O3/c1-11-17-14(19(25)26)9-15(12-7-8-12)21-18(17)23(22-11)10-16(24)20-13-5-3-2-4-6-13/h2-6,9,12H,7-8,10H2,1H3,(H,20,24)(H,25,26). The van der Waals surface area contributed by atoms with E-state index in [1.54, 1.807) is 25.1 Å². The molecule has 7 nitrogen and oxygen atoms in total. The van der Waals surface area contributed by atoms with Crippen molar-refractivity contribution in [1.29, 1.82) is 0 Å². The molecule has 1 aliphatic rings. The molecule has 1 amide bonds. The third-order valence-corrected chi connectivity index (χ3v) is 4.47. The van der Waals surface area contributed by atoms with Crippen LogP contribution in [0.1, 0.15) is 40.5 Å². The molecule has 1 aromatic carbocycles. The third kappa shape index (κ3) is 3.03. The number of anilines is 1. The van der Waals surface area contributed by atoms with Crippen molar-refractivity contribution in [2.45, 2.75) is 32.2 Å². The lowest BCUT2D eigenvalue weighted by Crippen LogP contribution is -2.20. The van der Waals surface area contributed by atoms with Crippen molar-refractivity contribution in [1.82, 2.24) is 14.8 Å². The number of pyridine rings is 1. The molecule has 0 spiro atoms. The van der Waals surface area contributed by atoms with E-state index in [0.29, 0.717) is 28.3 Å². The van der Waals surface area contributed by atoms with Crippen LogP contribution in [0.3, 0.4) is 0 Å². The Bertz CT molecular complexity index is 1010. The smallest absolute Gasteiger partial charge is 0.336 e. The number of benzene rings is 1. The molecule has 0 saturated heterocycles. The summed E-state index contributed by atoms with van der Waals surface area (Å²) in [6.07, 6.45) is 2.03. The number of carbonyl (C=O) groups is 2. The first kappa shape index (κ1) is 16.3. The lowest BCUT2D eigenvalue weighted by Gasteiger charge is -2.07. The number of aromatic nitrogens is 3. The normalized spacial score (nSPS) is 13.7. The average Bonchev–Trinajstić information content (AvgIpc) is 3.41. The van der Waals surface area contributed by atoms with E-state index in [1.165, 1.54) is 4.68 Å². The van der Waals surface area contributed by atoms with Crippen LogP contribution in [0.2, 0.25) is 0 Å². The lowest BCUT2D eigenvalue weighted by atomic mass is 10.1. The van der Waals surface area contributed by atoms with Crippen LogP contribution >= 0.6 is 0 Å². The number of aryl methyl sites for hydroxylation is 1. The Morgan fingerprint density at radius 1 is 1.27 bits per heavy atom. The maximum Gasteiger partial charge on any atom is 0.336 e. The Morgan fingerprint density at radius 3 is 2.65 bits per heavy atom. The van der Waals surface area contributed by atoms with E-state index >= 15 is 0 Å². The van der Waals surface area contributed by atoms with Gasteiger partial charge in [-0.1, -0.05) is 18.2 Å². The van der Waals surface area contributed by atoms with Gasteiger partial charge in [-0.25, -0.2) is 14.5 Å². The summed E-state index contributed by atoms with van der Waals surface area (Å²) in [5.74, 6) is -0.939. The molecule has 4 rings (SSSR count). The lowest BCUT2D eigenvalue weighted by molar-refractivity contribution is -0.116. The third-order valence-electron chi connectivity index (χ3n) is 4.47. The number of nitrogens with one attached hydrogen (secondary N) is 1. The number of amides is 1. The number of hydrogen-bond acceptors (Lipinski definition) is 4. The highest BCUT2D eigenvalue weighted by molar-refractivity contribution is 6.03. The van der Waals surface area contributed by atoms with E-state index in [1.807, 2.05) is 18.2 Å². The quantitative estimate of drug-likeness (QED) is 0.737. The zero-order valence-corrected chi connectivity index (χ0v) is 14.3. The van der Waals surface area contributed by atoms with E-state index in [9.17, 15) is 14.7 Å². The summed E-state index contributed by atoms with van der Waals surface area (Å²) < 4.78 is 1.49. The molecule has 0 radical (unpaired) electrons. The number of carboxylic acid groups (broad SMARTS) is 1. The molecule has 1 fully saturated rings. The van der Waals surface area contributed by atoms with E-state index < -0.39 is 5.97 Å². The molecule has 0 atom stereocenters. The van der Waals surface area contributed by atoms with Gasteiger partial charge in [0.05, 0.1) is 16.6 Å². The summed E-state index contributed by atoms with van der Waals surface area (Å²) in [5, 5.41) is 17.2. The Morgan fingerprint density at radius 2 is 2.00 bits per heavy atom. The average molecular weight is 350 g/mol. The van der Waals surface area contributed by atoms with Gasteiger partial charge in [0, 0.05) is 17.3 Å². The molecule has 26 heavy (non-hydrogen) atoms. The largest absolute Gasteiger partial charge is 0.478 e. The second-order valence-corrected chi connectivity index (χ2v) is 6.53. The fourth-order valence-corrected chi connectivity index (χ4v) is 3.10. The molecular formula is C19H18N4O3. The predicted octanol–water partition coefficient (Wildman–Crippen LogP) is 2.95. The van der Waals surface area contributed by atoms with Gasteiger partial charge in [0.25, 0.3) is 0 Å². The summed E-state index contributed by atoms with van der Waals surface area (Å²) in [6.45, 7) is 1.71. The molecule has 7 heteroatoms. The number of nitrogens with zero attached hydrogens (tertiary/aromatic N) is 3. The molecule has 132 valence electrons. The van der Waals surface area contributed by atoms with Gasteiger partial charge in [0.15, 0.2) is 5.65 Å². The van der Waals surface area contributed by atoms with Gasteiger partial charge in [-0.2, -0.15) is 5.10 Å². The SMILES string of the molecule is Cc1nn(CC(=O)Nc2ccccc2)c2nc(C3CC3)cc(C(=O)O)c12. The van der Waals surface area contributed by atoms with Crippen LogP contribution in [0.25, 0.3) is 11.0 Å². The Labute approximate surface area is 149 Å². The molecule has 1 aliphatic carbocycles. The molecule has 3 aromatic rings. The van der Waals surface area contributed by atoms with Crippen LogP contribution in [-0.2, 0) is 11.3 Å². The van der Waals surface area contributed by atoms with Crippen molar-refractivity contribution in [2.75, 3.05) is 5.32 Å². The topological polar surface area (TPSA) is 97.1 Å². The van der Waals surface area contributed by atoms with Crippen LogP contribution in [0.15, 0.2) is 36.4 Å². The maximum atomic E-state index is 12.4. The van der Waals surface area contributed by atoms with Crippen molar-refractivity contribution in [3.63, 3.8) is 0 Å². The highest BCUT2D eigenvalue weighted by atomic mass is 16.4. The first-order chi connectivity index (χ1) is 12.5. The van der Waals surface area contributed by atoms with E-state index in [4.69, 9.17) is 0 Å². The summed E-state index contributed by atoms with van der Waals surface area (Å²) in [7, 11) is 0. The van der Waals surface area contributed by atoms with Crippen molar-refractivity contribution in [2.24, 2.45) is 0 Å². The Balaban J connectivity index is 1.71. The fourth-order valence-electron chi connectivity index (χ4n) is 3.10. The van der Waals surface area contributed by atoms with Crippen LogP contribution < -0.4 is 5.32 Å². The van der Waals surface area contributed by atoms with E-state index in [2.05, 4.69) is 15.4 Å². The summed E-state index contributed by atoms with van der Waals surface area (Å²) >= 11 is 0. The van der Waals surface area contributed by atoms with E-state index in [0.717, 1.165) is 18.5 Å². The van der Waals surface area contributed by atoms with Crippen molar-refractivity contribution < 1.29 is 14.7 Å². The highest BCUT2D eigenvalue weighted by Gasteiger charge is 2.28. The molecule has 0 bridgehead atoms. The maximum absolute atomic E-state index is 12.4. The Kier molecular flexibility index (Phi) is 3.91. The number of rotatable bonds is 5. The second-order valence-electron chi connectivity index (χ2n) is 6.53. The minimum Gasteiger partial charge on any atom is -0.478 e. The van der Waals surface area contributed by atoms with Crippen LogP contribution in [-0.4, -0.2) is 31.7 Å². The number of fused-ring (bicyclic) bond motifs is 1. The minimum absolute atomic E-state index is 0.0284. The minimum atomic E-state index is -1.00. The highest BCUT2D eigenvalue weighted by Crippen LogP contribution is 2.40. The number of hydrogen-bond donors (Lipinski definition) is 2. The first-order valence-electron chi connectivity index (χ1n) is 8.49. The summed E-state index contributed by atoms with van der Waals surface area (Å²) in [4.78, 5) is 28.7. The van der Waals surface area contributed by atoms with E-state index in [-0.39, 0.29) is 18.0 Å². The monoisotopic (exact) mass is 350 g/mol. The van der Waals surface area contributed by atoms with Gasteiger partial charge < -0.3 is 10.4 Å². The number of aromatic carboxylic acids is 1. The molecule has 2 aromatic heterocycles. The predicted molar refractivity (Wildman–Crippen MR) is 96.3 cm³/mol. The van der Waals surface area contributed by atoms with Gasteiger partial charge in [0.2, 0.25) is 5.91 Å². The van der Waals surface area contributed by atoms with Gasteiger partial charge >= 0.3 is 5.97 Å². The molecule has 0 unspecified atom stereocenters. The molecule has 2 heterocycles. The summed E-state index contributed by atoms with van der Waals surface area (Å²) in [5.41, 5.74) is 2.67. The zero-order valence-electron chi connectivity index (χ0n) is 14.3. The number of carbonyl (C=O) groups excluding carboxylic acids is 1. The number of para-hydroxylation sites is 1.